The number of hydrogen-bond acceptors (Lipinski definition) is 4. The van der Waals surface area contributed by atoms with Gasteiger partial charge in [-0.25, -0.2) is 4.39 Å². The number of ketones is 1. The molecule has 0 bridgehead atoms. The van der Waals surface area contributed by atoms with Crippen LogP contribution in [-0.2, 0) is 6.42 Å². The minimum Gasteiger partial charge on any atom is -0.389 e. The lowest BCUT2D eigenvalue weighted by atomic mass is 9.85. The highest BCUT2D eigenvalue weighted by atomic mass is 35.5. The minimum atomic E-state index is -1.23. The number of benzene rings is 2. The van der Waals surface area contributed by atoms with Crippen molar-refractivity contribution in [1.29, 1.82) is 0 Å². The van der Waals surface area contributed by atoms with Crippen molar-refractivity contribution in [3.8, 4) is 0 Å². The van der Waals surface area contributed by atoms with E-state index in [9.17, 15) is 9.90 Å². The lowest BCUT2D eigenvalue weighted by molar-refractivity contribution is -0.0522. The van der Waals surface area contributed by atoms with Gasteiger partial charge in [0.05, 0.1) is 11.6 Å². The number of nitrogens with one attached hydrogen (secondary N) is 1. The van der Waals surface area contributed by atoms with Gasteiger partial charge in [0, 0.05) is 36.5 Å². The summed E-state index contributed by atoms with van der Waals surface area (Å²) in [5.74, 6) is -0.0867. The zero-order chi connectivity index (χ0) is 21.6. The van der Waals surface area contributed by atoms with Crippen LogP contribution in [0.5, 0.6) is 0 Å². The summed E-state index contributed by atoms with van der Waals surface area (Å²) in [5.41, 5.74) is 0.768. The first-order chi connectivity index (χ1) is 14.4. The number of hydrogen-bond donors (Lipinski definition) is 2. The number of carbonyl (C=O) groups is 1. The number of halogens is 2. The minimum absolute atomic E-state index is 0.0867. The van der Waals surface area contributed by atoms with Crippen LogP contribution in [0.2, 0.25) is 5.02 Å². The van der Waals surface area contributed by atoms with E-state index in [-0.39, 0.29) is 12.2 Å². The standard InChI is InChI=1S/C24H30ClFN2O2/c1-2-27-21(23(29)19-6-4-3-5-7-19)16-22(26)28-14-12-24(30,13-15-28)17-18-8-10-20(25)11-9-18/h3-11,21-22,27,30H,2,12-17H2,1H3. The molecular weight excluding hydrogens is 403 g/mol. The Balaban J connectivity index is 1.56. The molecule has 30 heavy (non-hydrogen) atoms. The van der Waals surface area contributed by atoms with Gasteiger partial charge in [-0.05, 0) is 37.1 Å². The number of Topliss-reactive ketones (excluding diaryl/α,β-unsaturated/α-hetero) is 1. The smallest absolute Gasteiger partial charge is 0.179 e. The van der Waals surface area contributed by atoms with E-state index in [2.05, 4.69) is 5.32 Å². The number of carbonyl (C=O) groups excluding carboxylic acids is 1. The van der Waals surface area contributed by atoms with Gasteiger partial charge in [0.1, 0.15) is 0 Å². The van der Waals surface area contributed by atoms with Crippen molar-refractivity contribution in [1.82, 2.24) is 10.2 Å². The van der Waals surface area contributed by atoms with Crippen LogP contribution in [0.3, 0.4) is 0 Å². The van der Waals surface area contributed by atoms with Crippen molar-refractivity contribution in [2.24, 2.45) is 0 Å². The van der Waals surface area contributed by atoms with Crippen molar-refractivity contribution in [2.75, 3.05) is 19.6 Å². The molecule has 3 rings (SSSR count). The summed E-state index contributed by atoms with van der Waals surface area (Å²) in [4.78, 5) is 14.5. The molecule has 2 atom stereocenters. The predicted molar refractivity (Wildman–Crippen MR) is 119 cm³/mol. The third kappa shape index (κ3) is 6.11. The summed E-state index contributed by atoms with van der Waals surface area (Å²) in [5, 5.41) is 14.7. The number of aliphatic hydroxyl groups is 1. The van der Waals surface area contributed by atoms with Crippen LogP contribution < -0.4 is 5.32 Å². The second-order valence-corrected chi connectivity index (χ2v) is 8.51. The molecule has 0 aliphatic carbocycles. The number of likely N-dealkylation sites (N-methyl/N-ethyl adjacent to an activating group) is 1. The van der Waals surface area contributed by atoms with Gasteiger partial charge >= 0.3 is 0 Å². The van der Waals surface area contributed by atoms with Gasteiger partial charge in [-0.1, -0.05) is 61.0 Å². The molecule has 0 amide bonds. The fraction of sp³-hybridized carbons (Fsp3) is 0.458. The molecule has 4 nitrogen and oxygen atoms in total. The van der Waals surface area contributed by atoms with Crippen LogP contribution in [0.25, 0.3) is 0 Å². The molecule has 2 aromatic rings. The maximum Gasteiger partial charge on any atom is 0.179 e. The molecule has 162 valence electrons. The zero-order valence-electron chi connectivity index (χ0n) is 17.4. The van der Waals surface area contributed by atoms with Crippen LogP contribution in [0, 0.1) is 0 Å². The largest absolute Gasteiger partial charge is 0.389 e. The molecule has 1 heterocycles. The number of nitrogens with zero attached hydrogens (tertiary/aromatic N) is 1. The maximum atomic E-state index is 15.1. The molecule has 0 saturated carbocycles. The lowest BCUT2D eigenvalue weighted by Crippen LogP contribution is -2.50. The summed E-state index contributed by atoms with van der Waals surface area (Å²) in [6.45, 7) is 3.43. The quantitative estimate of drug-likeness (QED) is 0.459. The van der Waals surface area contributed by atoms with E-state index in [1.807, 2.05) is 49.4 Å². The van der Waals surface area contributed by atoms with Crippen molar-refractivity contribution >= 4 is 17.4 Å². The van der Waals surface area contributed by atoms with E-state index in [0.29, 0.717) is 49.5 Å². The monoisotopic (exact) mass is 432 g/mol. The molecule has 2 N–H and O–H groups in total. The van der Waals surface area contributed by atoms with Gasteiger partial charge < -0.3 is 10.4 Å². The topological polar surface area (TPSA) is 52.6 Å². The van der Waals surface area contributed by atoms with E-state index in [4.69, 9.17) is 11.6 Å². The Bertz CT molecular complexity index is 808. The lowest BCUT2D eigenvalue weighted by Gasteiger charge is -2.40. The third-order valence-corrected chi connectivity index (χ3v) is 6.08. The van der Waals surface area contributed by atoms with E-state index < -0.39 is 17.9 Å². The summed E-state index contributed by atoms with van der Waals surface area (Å²) in [6, 6.07) is 15.9. The van der Waals surface area contributed by atoms with Crippen molar-refractivity contribution < 1.29 is 14.3 Å². The first-order valence-electron chi connectivity index (χ1n) is 10.6. The van der Waals surface area contributed by atoms with E-state index in [1.54, 1.807) is 17.0 Å². The highest BCUT2D eigenvalue weighted by molar-refractivity contribution is 6.30. The maximum absolute atomic E-state index is 15.1. The first kappa shape index (κ1) is 22.9. The fourth-order valence-corrected chi connectivity index (χ4v) is 4.18. The van der Waals surface area contributed by atoms with Crippen molar-refractivity contribution in [3.05, 3.63) is 70.7 Å². The molecule has 0 spiro atoms. The Morgan fingerprint density at radius 3 is 2.40 bits per heavy atom. The van der Waals surface area contributed by atoms with Gasteiger partial charge in [-0.3, -0.25) is 9.69 Å². The molecule has 0 aromatic heterocycles. The number of piperidine rings is 1. The third-order valence-electron chi connectivity index (χ3n) is 5.83. The van der Waals surface area contributed by atoms with E-state index in [0.717, 1.165) is 5.56 Å². The van der Waals surface area contributed by atoms with Gasteiger partial charge in [-0.15, -0.1) is 0 Å². The van der Waals surface area contributed by atoms with Crippen LogP contribution in [0.15, 0.2) is 54.6 Å². The Kier molecular flexibility index (Phi) is 8.00. The molecular formula is C24H30ClFN2O2. The zero-order valence-corrected chi connectivity index (χ0v) is 18.1. The van der Waals surface area contributed by atoms with Crippen LogP contribution in [0.1, 0.15) is 42.1 Å². The van der Waals surface area contributed by atoms with Crippen LogP contribution in [-0.4, -0.2) is 53.4 Å². The molecule has 1 saturated heterocycles. The Labute approximate surface area is 183 Å². The van der Waals surface area contributed by atoms with Crippen LogP contribution >= 0.6 is 11.6 Å². The normalized spacial score (nSPS) is 18.7. The first-order valence-corrected chi connectivity index (χ1v) is 11.0. The molecule has 1 aliphatic rings. The summed E-state index contributed by atoms with van der Waals surface area (Å²) >= 11 is 5.93. The highest BCUT2D eigenvalue weighted by Crippen LogP contribution is 2.29. The molecule has 0 radical (unpaired) electrons. The SMILES string of the molecule is CCNC(CC(F)N1CCC(O)(Cc2ccc(Cl)cc2)CC1)C(=O)c1ccccc1. The van der Waals surface area contributed by atoms with E-state index >= 15 is 4.39 Å². The second kappa shape index (κ2) is 10.5. The fourth-order valence-electron chi connectivity index (χ4n) is 4.06. The molecule has 1 fully saturated rings. The Morgan fingerprint density at radius 2 is 1.80 bits per heavy atom. The van der Waals surface area contributed by atoms with Gasteiger partial charge in [0.25, 0.3) is 0 Å². The summed E-state index contributed by atoms with van der Waals surface area (Å²) < 4.78 is 15.1. The van der Waals surface area contributed by atoms with Crippen LogP contribution in [0.4, 0.5) is 4.39 Å². The average molecular weight is 433 g/mol. The molecule has 2 unspecified atom stereocenters. The van der Waals surface area contributed by atoms with Gasteiger partial charge in [0.15, 0.2) is 12.1 Å². The summed E-state index contributed by atoms with van der Waals surface area (Å²) in [6.07, 6.45) is 0.378. The molecule has 6 heteroatoms. The average Bonchev–Trinajstić information content (AvgIpc) is 2.75. The van der Waals surface area contributed by atoms with Crippen molar-refractivity contribution in [3.63, 3.8) is 0 Å². The highest BCUT2D eigenvalue weighted by Gasteiger charge is 2.36. The second-order valence-electron chi connectivity index (χ2n) is 8.07. The van der Waals surface area contributed by atoms with Gasteiger partial charge in [-0.2, -0.15) is 0 Å². The van der Waals surface area contributed by atoms with Gasteiger partial charge in [0.2, 0.25) is 0 Å². The molecule has 1 aliphatic heterocycles. The Morgan fingerprint density at radius 1 is 1.17 bits per heavy atom. The van der Waals surface area contributed by atoms with Crippen molar-refractivity contribution in [2.45, 2.75) is 50.5 Å². The summed E-state index contributed by atoms with van der Waals surface area (Å²) in [7, 11) is 0. The predicted octanol–water partition coefficient (Wildman–Crippen LogP) is 4.26. The number of rotatable bonds is 9. The number of likely N-dealkylation sites (tertiary alicyclic amines) is 1. The number of alkyl halides is 1. The molecule has 2 aromatic carbocycles. The van der Waals surface area contributed by atoms with E-state index in [1.165, 1.54) is 0 Å². The Hall–Kier alpha value is -1.79.